The minimum absolute atomic E-state index is 0.0442. The maximum atomic E-state index is 13.1. The van der Waals surface area contributed by atoms with Crippen LogP contribution >= 0.6 is 11.6 Å². The summed E-state index contributed by atoms with van der Waals surface area (Å²) in [6.45, 7) is 0.999. The van der Waals surface area contributed by atoms with Crippen LogP contribution in [0.4, 0.5) is 21.7 Å². The fourth-order valence-corrected chi connectivity index (χ4v) is 3.41. The monoisotopic (exact) mass is 411 g/mol. The zero-order valence-corrected chi connectivity index (χ0v) is 16.5. The zero-order chi connectivity index (χ0) is 20.4. The Labute approximate surface area is 173 Å². The van der Waals surface area contributed by atoms with Crippen LogP contribution in [0.5, 0.6) is 0 Å². The summed E-state index contributed by atoms with van der Waals surface area (Å²) in [5, 5.41) is 3.90. The molecule has 2 aromatic carbocycles. The molecule has 1 amide bonds. The van der Waals surface area contributed by atoms with Crippen LogP contribution in [0.3, 0.4) is 0 Å². The molecule has 1 N–H and O–H groups in total. The lowest BCUT2D eigenvalue weighted by Gasteiger charge is -2.21. The van der Waals surface area contributed by atoms with E-state index >= 15 is 0 Å². The van der Waals surface area contributed by atoms with Crippen LogP contribution in [-0.2, 0) is 17.9 Å². The summed E-state index contributed by atoms with van der Waals surface area (Å²) >= 11 is 5.99. The smallest absolute Gasteiger partial charge is 0.246 e. The maximum Gasteiger partial charge on any atom is 0.246 e. The summed E-state index contributed by atoms with van der Waals surface area (Å²) in [4.78, 5) is 25.1. The van der Waals surface area contributed by atoms with E-state index in [0.29, 0.717) is 29.7 Å². The van der Waals surface area contributed by atoms with Gasteiger partial charge < -0.3 is 15.1 Å². The third-order valence-electron chi connectivity index (χ3n) is 4.79. The number of anilines is 3. The second kappa shape index (κ2) is 8.05. The van der Waals surface area contributed by atoms with Crippen molar-refractivity contribution < 1.29 is 9.18 Å². The molecule has 0 unspecified atom stereocenters. The molecule has 1 aliphatic heterocycles. The summed E-state index contributed by atoms with van der Waals surface area (Å²) in [5.74, 6) is 1.02. The Morgan fingerprint density at radius 3 is 2.52 bits per heavy atom. The zero-order valence-electron chi connectivity index (χ0n) is 15.8. The molecule has 6 nitrogen and oxygen atoms in total. The van der Waals surface area contributed by atoms with E-state index in [9.17, 15) is 9.18 Å². The van der Waals surface area contributed by atoms with Crippen LogP contribution in [0.1, 0.15) is 11.1 Å². The van der Waals surface area contributed by atoms with Crippen molar-refractivity contribution in [1.29, 1.82) is 0 Å². The Hall–Kier alpha value is -3.19. The molecule has 0 atom stereocenters. The number of benzene rings is 2. The number of nitrogens with zero attached hydrogens (tertiary/aromatic N) is 4. The largest absolute Gasteiger partial charge is 0.366 e. The van der Waals surface area contributed by atoms with Gasteiger partial charge in [-0.25, -0.2) is 14.4 Å². The van der Waals surface area contributed by atoms with Gasteiger partial charge in [-0.15, -0.1) is 0 Å². The van der Waals surface area contributed by atoms with Crippen molar-refractivity contribution in [2.24, 2.45) is 0 Å². The molecule has 8 heteroatoms. The highest BCUT2D eigenvalue weighted by Gasteiger charge is 2.28. The van der Waals surface area contributed by atoms with E-state index in [1.165, 1.54) is 18.5 Å². The lowest BCUT2D eigenvalue weighted by molar-refractivity contribution is -0.117. The fourth-order valence-electron chi connectivity index (χ4n) is 3.28. The number of carbonyl (C=O) groups excluding carboxylic acids is 1. The van der Waals surface area contributed by atoms with Gasteiger partial charge in [0, 0.05) is 24.3 Å². The topological polar surface area (TPSA) is 61.4 Å². The van der Waals surface area contributed by atoms with Gasteiger partial charge >= 0.3 is 0 Å². The average molecular weight is 412 g/mol. The van der Waals surface area contributed by atoms with E-state index < -0.39 is 0 Å². The van der Waals surface area contributed by atoms with Crippen LogP contribution in [-0.4, -0.2) is 29.5 Å². The second-order valence-corrected chi connectivity index (χ2v) is 7.25. The second-order valence-electron chi connectivity index (χ2n) is 6.82. The maximum absolute atomic E-state index is 13.1. The van der Waals surface area contributed by atoms with E-state index in [1.807, 2.05) is 24.1 Å². The highest BCUT2D eigenvalue weighted by Crippen LogP contribution is 2.30. The summed E-state index contributed by atoms with van der Waals surface area (Å²) < 4.78 is 13.1. The van der Waals surface area contributed by atoms with Crippen molar-refractivity contribution in [1.82, 2.24) is 9.97 Å². The number of halogens is 2. The molecule has 0 fully saturated rings. The minimum atomic E-state index is -0.275. The molecule has 0 saturated carbocycles. The Bertz CT molecular complexity index is 1030. The average Bonchev–Trinajstić information content (AvgIpc) is 2.84. The van der Waals surface area contributed by atoms with Crippen molar-refractivity contribution in [3.63, 3.8) is 0 Å². The summed E-state index contributed by atoms with van der Waals surface area (Å²) in [5.41, 5.74) is 2.50. The van der Waals surface area contributed by atoms with Crippen molar-refractivity contribution in [2.45, 2.75) is 13.1 Å². The van der Waals surface area contributed by atoms with Crippen LogP contribution in [0.2, 0.25) is 5.02 Å². The highest BCUT2D eigenvalue weighted by molar-refractivity contribution is 6.30. The first-order valence-corrected chi connectivity index (χ1v) is 9.48. The predicted octanol–water partition coefficient (Wildman–Crippen LogP) is 3.86. The van der Waals surface area contributed by atoms with E-state index in [0.717, 1.165) is 16.8 Å². The quantitative estimate of drug-likeness (QED) is 0.706. The standard InChI is InChI=1S/C21H19ClFN5O/c1-27-12-19(29)28(17-8-4-15(22)5-9-17)11-18-20(25-13-26-21(18)27)24-10-14-2-6-16(23)7-3-14/h2-9,13H,10-12H2,1H3,(H,24,25,26). The fraction of sp³-hybridized carbons (Fsp3) is 0.190. The van der Waals surface area contributed by atoms with Gasteiger partial charge in [-0.1, -0.05) is 23.7 Å². The molecule has 0 aliphatic carbocycles. The van der Waals surface area contributed by atoms with Crippen molar-refractivity contribution in [3.05, 3.63) is 76.8 Å². The van der Waals surface area contributed by atoms with Crippen LogP contribution in [0, 0.1) is 5.82 Å². The Kier molecular flexibility index (Phi) is 5.31. The Morgan fingerprint density at radius 2 is 1.79 bits per heavy atom. The van der Waals surface area contributed by atoms with Gasteiger partial charge in [-0.3, -0.25) is 4.79 Å². The number of amides is 1. The molecule has 29 heavy (non-hydrogen) atoms. The normalized spacial score (nSPS) is 13.8. The number of carbonyl (C=O) groups is 1. The summed E-state index contributed by atoms with van der Waals surface area (Å²) in [7, 11) is 1.83. The molecule has 0 spiro atoms. The number of aromatic nitrogens is 2. The number of hydrogen-bond donors (Lipinski definition) is 1. The molecule has 1 aliphatic rings. The SMILES string of the molecule is CN1CC(=O)N(c2ccc(Cl)cc2)Cc2c(NCc3ccc(F)cc3)ncnc21. The molecule has 3 aromatic rings. The van der Waals surface area contributed by atoms with Gasteiger partial charge in [0.25, 0.3) is 0 Å². The summed E-state index contributed by atoms with van der Waals surface area (Å²) in [6, 6.07) is 13.4. The lowest BCUT2D eigenvalue weighted by Crippen LogP contribution is -2.35. The number of likely N-dealkylation sites (N-methyl/N-ethyl adjacent to an activating group) is 1. The van der Waals surface area contributed by atoms with Gasteiger partial charge in [-0.2, -0.15) is 0 Å². The van der Waals surface area contributed by atoms with Crippen LogP contribution in [0.25, 0.3) is 0 Å². The highest BCUT2D eigenvalue weighted by atomic mass is 35.5. The molecule has 1 aromatic heterocycles. The number of rotatable bonds is 4. The first-order chi connectivity index (χ1) is 14.0. The first kappa shape index (κ1) is 19.1. The van der Waals surface area contributed by atoms with Crippen molar-refractivity contribution in [2.75, 3.05) is 28.7 Å². The molecular formula is C21H19ClFN5O. The number of hydrogen-bond acceptors (Lipinski definition) is 5. The van der Waals surface area contributed by atoms with Gasteiger partial charge in [0.15, 0.2) is 0 Å². The van der Waals surface area contributed by atoms with Crippen LogP contribution in [0.15, 0.2) is 54.9 Å². The molecular weight excluding hydrogens is 393 g/mol. The molecule has 0 saturated heterocycles. The summed E-state index contributed by atoms with van der Waals surface area (Å²) in [6.07, 6.45) is 1.48. The van der Waals surface area contributed by atoms with E-state index in [2.05, 4.69) is 15.3 Å². The van der Waals surface area contributed by atoms with E-state index in [-0.39, 0.29) is 18.3 Å². The number of nitrogens with one attached hydrogen (secondary N) is 1. The van der Waals surface area contributed by atoms with Gasteiger partial charge in [0.2, 0.25) is 5.91 Å². The minimum Gasteiger partial charge on any atom is -0.366 e. The third kappa shape index (κ3) is 4.14. The van der Waals surface area contributed by atoms with Crippen LogP contribution < -0.4 is 15.1 Å². The molecule has 4 rings (SSSR count). The van der Waals surface area contributed by atoms with Gasteiger partial charge in [0.1, 0.15) is 23.8 Å². The predicted molar refractivity (Wildman–Crippen MR) is 112 cm³/mol. The third-order valence-corrected chi connectivity index (χ3v) is 5.04. The van der Waals surface area contributed by atoms with Crippen molar-refractivity contribution in [3.8, 4) is 0 Å². The lowest BCUT2D eigenvalue weighted by atomic mass is 10.2. The first-order valence-electron chi connectivity index (χ1n) is 9.10. The molecule has 148 valence electrons. The number of fused-ring (bicyclic) bond motifs is 1. The van der Waals surface area contributed by atoms with E-state index in [4.69, 9.17) is 11.6 Å². The Morgan fingerprint density at radius 1 is 1.07 bits per heavy atom. The van der Waals surface area contributed by atoms with E-state index in [1.54, 1.807) is 29.2 Å². The van der Waals surface area contributed by atoms with Crippen molar-refractivity contribution >= 4 is 34.8 Å². The van der Waals surface area contributed by atoms with Gasteiger partial charge in [0.05, 0.1) is 18.7 Å². The molecule has 0 bridgehead atoms. The molecule has 0 radical (unpaired) electrons. The Balaban J connectivity index is 1.65. The van der Waals surface area contributed by atoms with Gasteiger partial charge in [-0.05, 0) is 42.0 Å². The molecule has 2 heterocycles.